The molecule has 1 aliphatic rings. The lowest BCUT2D eigenvalue weighted by Crippen LogP contribution is -2.33. The topological polar surface area (TPSA) is 110 Å². The van der Waals surface area contributed by atoms with Gasteiger partial charge in [-0.15, -0.1) is 0 Å². The average molecular weight is 432 g/mol. The van der Waals surface area contributed by atoms with Crippen LogP contribution in [0.4, 0.5) is 16.2 Å². The van der Waals surface area contributed by atoms with Crippen molar-refractivity contribution in [2.24, 2.45) is 0 Å². The number of hydrogen-bond donors (Lipinski definition) is 1. The van der Waals surface area contributed by atoms with Gasteiger partial charge in [0.25, 0.3) is 5.69 Å². The van der Waals surface area contributed by atoms with Crippen molar-refractivity contribution < 1.29 is 24.4 Å². The highest BCUT2D eigenvalue weighted by Crippen LogP contribution is 2.44. The van der Waals surface area contributed by atoms with Crippen LogP contribution in [0.15, 0.2) is 66.7 Å². The molecule has 162 valence electrons. The number of carboxylic acid groups (broad SMARTS) is 1. The minimum Gasteiger partial charge on any atom is -0.478 e. The number of rotatable bonds is 6. The summed E-state index contributed by atoms with van der Waals surface area (Å²) < 4.78 is 5.61. The van der Waals surface area contributed by atoms with Gasteiger partial charge in [0.15, 0.2) is 0 Å². The van der Waals surface area contributed by atoms with Crippen LogP contribution in [-0.4, -0.2) is 35.2 Å². The highest BCUT2D eigenvalue weighted by Gasteiger charge is 2.31. The molecule has 0 radical (unpaired) electrons. The van der Waals surface area contributed by atoms with Crippen molar-refractivity contribution in [3.8, 4) is 11.1 Å². The lowest BCUT2D eigenvalue weighted by atomic mass is 9.98. The summed E-state index contributed by atoms with van der Waals surface area (Å²) >= 11 is 0. The number of nitro benzene ring substituents is 1. The highest BCUT2D eigenvalue weighted by molar-refractivity contribution is 5.94. The van der Waals surface area contributed by atoms with E-state index >= 15 is 0 Å². The van der Waals surface area contributed by atoms with Gasteiger partial charge in [0.1, 0.15) is 12.3 Å². The number of fused-ring (bicyclic) bond motifs is 3. The summed E-state index contributed by atoms with van der Waals surface area (Å²) in [5.41, 5.74) is 3.58. The molecule has 1 N–H and O–H groups in total. The summed E-state index contributed by atoms with van der Waals surface area (Å²) in [4.78, 5) is 36.0. The van der Waals surface area contributed by atoms with Crippen LogP contribution in [0.1, 0.15) is 34.3 Å². The molecule has 4 rings (SSSR count). The Balaban J connectivity index is 1.59. The van der Waals surface area contributed by atoms with Crippen LogP contribution < -0.4 is 4.90 Å². The van der Waals surface area contributed by atoms with Crippen molar-refractivity contribution >= 4 is 23.4 Å². The van der Waals surface area contributed by atoms with Crippen molar-refractivity contribution in [1.29, 1.82) is 0 Å². The number of nitrogens with zero attached hydrogens (tertiary/aromatic N) is 2. The Morgan fingerprint density at radius 1 is 1.03 bits per heavy atom. The van der Waals surface area contributed by atoms with Crippen LogP contribution in [0.2, 0.25) is 0 Å². The number of carbonyl (C=O) groups is 2. The summed E-state index contributed by atoms with van der Waals surface area (Å²) in [7, 11) is 0. The van der Waals surface area contributed by atoms with Crippen LogP contribution >= 0.6 is 0 Å². The standard InChI is InChI=1S/C24H20N2O6/c1-2-25(21-12-11-15(23(27)28)13-22(21)26(30)31)24(29)32-14-20-18-9-5-3-7-16(18)17-8-4-6-10-19(17)20/h3-13,20H,2,14H2,1H3,(H,27,28). The van der Waals surface area contributed by atoms with Gasteiger partial charge in [-0.2, -0.15) is 0 Å². The molecule has 0 saturated carbocycles. The molecule has 3 aromatic rings. The van der Waals surface area contributed by atoms with E-state index in [9.17, 15) is 19.7 Å². The van der Waals surface area contributed by atoms with Crippen molar-refractivity contribution in [2.75, 3.05) is 18.1 Å². The van der Waals surface area contributed by atoms with E-state index in [2.05, 4.69) is 0 Å². The zero-order valence-electron chi connectivity index (χ0n) is 17.2. The van der Waals surface area contributed by atoms with E-state index in [0.29, 0.717) is 0 Å². The van der Waals surface area contributed by atoms with E-state index in [1.54, 1.807) is 6.92 Å². The molecule has 32 heavy (non-hydrogen) atoms. The maximum atomic E-state index is 12.9. The zero-order valence-corrected chi connectivity index (χ0v) is 17.2. The molecule has 0 atom stereocenters. The summed E-state index contributed by atoms with van der Waals surface area (Å²) in [5, 5.41) is 20.6. The Morgan fingerprint density at radius 2 is 1.62 bits per heavy atom. The minimum atomic E-state index is -1.29. The van der Waals surface area contributed by atoms with E-state index in [1.165, 1.54) is 12.1 Å². The van der Waals surface area contributed by atoms with E-state index in [0.717, 1.165) is 33.2 Å². The Morgan fingerprint density at radius 3 is 2.16 bits per heavy atom. The van der Waals surface area contributed by atoms with E-state index in [4.69, 9.17) is 9.84 Å². The molecule has 0 unspecified atom stereocenters. The van der Waals surface area contributed by atoms with Gasteiger partial charge in [-0.1, -0.05) is 48.5 Å². The summed E-state index contributed by atoms with van der Waals surface area (Å²) in [6, 6.07) is 19.3. The van der Waals surface area contributed by atoms with Gasteiger partial charge in [-0.25, -0.2) is 9.59 Å². The summed E-state index contributed by atoms with van der Waals surface area (Å²) in [5.74, 6) is -1.43. The maximum absolute atomic E-state index is 12.9. The number of aromatic carboxylic acids is 1. The lowest BCUT2D eigenvalue weighted by molar-refractivity contribution is -0.384. The molecule has 0 saturated heterocycles. The fourth-order valence-corrected chi connectivity index (χ4v) is 4.10. The lowest BCUT2D eigenvalue weighted by Gasteiger charge is -2.22. The Labute approximate surface area is 183 Å². The third-order valence-corrected chi connectivity index (χ3v) is 5.58. The number of hydrogen-bond acceptors (Lipinski definition) is 5. The molecule has 8 nitrogen and oxygen atoms in total. The number of benzene rings is 3. The number of carboxylic acids is 1. The molecule has 3 aromatic carbocycles. The van der Waals surface area contributed by atoms with Crippen LogP contribution in [0.25, 0.3) is 11.1 Å². The fourth-order valence-electron chi connectivity index (χ4n) is 4.10. The maximum Gasteiger partial charge on any atom is 0.414 e. The molecule has 1 aliphatic carbocycles. The molecule has 0 aromatic heterocycles. The van der Waals surface area contributed by atoms with Crippen molar-refractivity contribution in [3.05, 3.63) is 93.5 Å². The van der Waals surface area contributed by atoms with E-state index in [1.807, 2.05) is 48.5 Å². The molecular weight excluding hydrogens is 412 g/mol. The van der Waals surface area contributed by atoms with Crippen LogP contribution in [-0.2, 0) is 4.74 Å². The van der Waals surface area contributed by atoms with E-state index < -0.39 is 22.7 Å². The predicted octanol–water partition coefficient (Wildman–Crippen LogP) is 5.07. The first kappa shape index (κ1) is 21.0. The predicted molar refractivity (Wildman–Crippen MR) is 118 cm³/mol. The Hall–Kier alpha value is -4.20. The van der Waals surface area contributed by atoms with Crippen LogP contribution in [0, 0.1) is 10.1 Å². The van der Waals surface area contributed by atoms with Gasteiger partial charge in [0.2, 0.25) is 0 Å². The smallest absolute Gasteiger partial charge is 0.414 e. The first-order valence-corrected chi connectivity index (χ1v) is 10.1. The largest absolute Gasteiger partial charge is 0.478 e. The minimum absolute atomic E-state index is 0.0141. The van der Waals surface area contributed by atoms with Gasteiger partial charge in [-0.05, 0) is 41.3 Å². The number of nitro groups is 1. The number of anilines is 1. The van der Waals surface area contributed by atoms with Gasteiger partial charge in [0, 0.05) is 18.5 Å². The SMILES string of the molecule is CCN(C(=O)OCC1c2ccccc2-c2ccccc21)c1ccc(C(=O)O)cc1[N+](=O)[O-]. The van der Waals surface area contributed by atoms with Crippen molar-refractivity contribution in [2.45, 2.75) is 12.8 Å². The van der Waals surface area contributed by atoms with Crippen LogP contribution in [0.5, 0.6) is 0 Å². The normalized spacial score (nSPS) is 12.0. The second-order valence-electron chi connectivity index (χ2n) is 7.31. The summed E-state index contributed by atoms with van der Waals surface area (Å²) in [6.07, 6.45) is -0.736. The van der Waals surface area contributed by atoms with E-state index in [-0.39, 0.29) is 30.3 Å². The molecular formula is C24H20N2O6. The first-order valence-electron chi connectivity index (χ1n) is 10.1. The first-order chi connectivity index (χ1) is 15.4. The third kappa shape index (κ3) is 3.66. The molecule has 1 amide bonds. The molecule has 0 heterocycles. The van der Waals surface area contributed by atoms with Crippen molar-refractivity contribution in [3.63, 3.8) is 0 Å². The molecule has 0 bridgehead atoms. The highest BCUT2D eigenvalue weighted by atomic mass is 16.6. The number of carbonyl (C=O) groups excluding carboxylic acids is 1. The monoisotopic (exact) mass is 432 g/mol. The molecule has 0 fully saturated rings. The van der Waals surface area contributed by atoms with Crippen LogP contribution in [0.3, 0.4) is 0 Å². The second kappa shape index (κ2) is 8.50. The van der Waals surface area contributed by atoms with Gasteiger partial charge in [-0.3, -0.25) is 15.0 Å². The quantitative estimate of drug-likeness (QED) is 0.430. The zero-order chi connectivity index (χ0) is 22.8. The average Bonchev–Trinajstić information content (AvgIpc) is 3.12. The number of amides is 1. The van der Waals surface area contributed by atoms with Crippen molar-refractivity contribution in [1.82, 2.24) is 0 Å². The van der Waals surface area contributed by atoms with Gasteiger partial charge < -0.3 is 9.84 Å². The van der Waals surface area contributed by atoms with Gasteiger partial charge in [0.05, 0.1) is 10.5 Å². The number of ether oxygens (including phenoxy) is 1. The van der Waals surface area contributed by atoms with Gasteiger partial charge >= 0.3 is 12.1 Å². The third-order valence-electron chi connectivity index (χ3n) is 5.58. The fraction of sp³-hybridized carbons (Fsp3) is 0.167. The Bertz CT molecular complexity index is 1180. The Kier molecular flexibility index (Phi) is 5.59. The second-order valence-corrected chi connectivity index (χ2v) is 7.31. The molecule has 8 heteroatoms. The molecule has 0 spiro atoms. The summed E-state index contributed by atoms with van der Waals surface area (Å²) in [6.45, 7) is 1.85. The molecule has 0 aliphatic heterocycles.